The summed E-state index contributed by atoms with van der Waals surface area (Å²) in [5.41, 5.74) is 4.32. The summed E-state index contributed by atoms with van der Waals surface area (Å²) in [6.45, 7) is 8.43. The number of allylic oxidation sites excluding steroid dienone is 3. The van der Waals surface area contributed by atoms with Crippen LogP contribution in [0.25, 0.3) is 5.57 Å². The maximum Gasteiger partial charge on any atom is 0.119 e. The predicted molar refractivity (Wildman–Crippen MR) is 87.3 cm³/mol. The van der Waals surface area contributed by atoms with Gasteiger partial charge in [-0.05, 0) is 50.5 Å². The molecular weight excluding hydrogens is 244 g/mol. The lowest BCUT2D eigenvalue weighted by atomic mass is 10.0. The molecule has 0 saturated heterocycles. The molecule has 0 aliphatic heterocycles. The Morgan fingerprint density at radius 3 is 2.80 bits per heavy atom. The molecule has 0 bridgehead atoms. The summed E-state index contributed by atoms with van der Waals surface area (Å²) in [5, 5.41) is 0. The molecule has 0 aliphatic rings. The Balaban J connectivity index is 2.46. The van der Waals surface area contributed by atoms with Gasteiger partial charge in [0.1, 0.15) is 5.69 Å². The fourth-order valence-corrected chi connectivity index (χ4v) is 2.21. The van der Waals surface area contributed by atoms with E-state index in [0.29, 0.717) is 0 Å². The Kier molecular flexibility index (Phi) is 6.87. The van der Waals surface area contributed by atoms with Crippen LogP contribution in [0.2, 0.25) is 0 Å². The molecule has 0 amide bonds. The number of aromatic nitrogens is 2. The van der Waals surface area contributed by atoms with Gasteiger partial charge in [0.25, 0.3) is 0 Å². The summed E-state index contributed by atoms with van der Waals surface area (Å²) in [6.07, 6.45) is 16.5. The highest BCUT2D eigenvalue weighted by Crippen LogP contribution is 2.18. The first kappa shape index (κ1) is 16.3. The largest absolute Gasteiger partial charge is 0.327 e. The number of terminal acetylenes is 1. The van der Waals surface area contributed by atoms with Crippen molar-refractivity contribution in [2.24, 2.45) is 7.05 Å². The number of aryl methyl sites for hydroxylation is 1. The normalized spacial score (nSPS) is 11.4. The fourth-order valence-electron chi connectivity index (χ4n) is 2.21. The van der Waals surface area contributed by atoms with Gasteiger partial charge < -0.3 is 4.57 Å². The van der Waals surface area contributed by atoms with Gasteiger partial charge in [-0.3, -0.25) is 0 Å². The van der Waals surface area contributed by atoms with Crippen molar-refractivity contribution in [3.63, 3.8) is 0 Å². The van der Waals surface area contributed by atoms with Crippen molar-refractivity contribution in [3.05, 3.63) is 35.9 Å². The zero-order valence-corrected chi connectivity index (χ0v) is 13.1. The molecule has 0 saturated carbocycles. The molecule has 1 aromatic rings. The molecule has 1 aromatic heterocycles. The van der Waals surface area contributed by atoms with Crippen LogP contribution in [-0.2, 0) is 7.05 Å². The predicted octanol–water partition coefficient (Wildman–Crippen LogP) is 4.72. The van der Waals surface area contributed by atoms with E-state index in [0.717, 1.165) is 36.2 Å². The molecule has 2 nitrogen and oxygen atoms in total. The standard InChI is InChI=1S/C18H26N2/c1-6-8-11-15(3)12-9-10-13-16(4)18-17(7-2)20(5)14-19-18/h2,13-14H,3,6,8-12H2,1,4-5H3/b16-13-. The van der Waals surface area contributed by atoms with Crippen LogP contribution in [0.5, 0.6) is 0 Å². The second-order valence-corrected chi connectivity index (χ2v) is 5.33. The van der Waals surface area contributed by atoms with E-state index in [9.17, 15) is 0 Å². The van der Waals surface area contributed by atoms with Gasteiger partial charge in [0.15, 0.2) is 0 Å². The molecule has 1 rings (SSSR count). The first-order valence-electron chi connectivity index (χ1n) is 7.41. The molecule has 1 heterocycles. The maximum atomic E-state index is 5.53. The number of hydrogen-bond donors (Lipinski definition) is 0. The summed E-state index contributed by atoms with van der Waals surface area (Å²) in [6, 6.07) is 0. The van der Waals surface area contributed by atoms with E-state index < -0.39 is 0 Å². The van der Waals surface area contributed by atoms with E-state index in [-0.39, 0.29) is 0 Å². The minimum Gasteiger partial charge on any atom is -0.327 e. The Hall–Kier alpha value is -1.75. The minimum absolute atomic E-state index is 0.853. The van der Waals surface area contributed by atoms with Crippen LogP contribution < -0.4 is 0 Å². The lowest BCUT2D eigenvalue weighted by Crippen LogP contribution is -1.92. The summed E-state index contributed by atoms with van der Waals surface area (Å²) >= 11 is 0. The maximum absolute atomic E-state index is 5.53. The third-order valence-corrected chi connectivity index (χ3v) is 3.52. The molecule has 0 atom stereocenters. The number of nitrogens with zero attached hydrogens (tertiary/aromatic N) is 2. The summed E-state index contributed by atoms with van der Waals surface area (Å²) in [5.74, 6) is 2.70. The van der Waals surface area contributed by atoms with Crippen molar-refractivity contribution in [1.29, 1.82) is 0 Å². The fraction of sp³-hybridized carbons (Fsp3) is 0.500. The number of unbranched alkanes of at least 4 members (excludes halogenated alkanes) is 2. The van der Waals surface area contributed by atoms with Crippen molar-refractivity contribution in [3.8, 4) is 12.3 Å². The molecule has 0 spiro atoms. The Labute approximate surface area is 123 Å². The van der Waals surface area contributed by atoms with E-state index in [1.807, 2.05) is 11.6 Å². The van der Waals surface area contributed by atoms with Gasteiger partial charge in [-0.1, -0.05) is 31.6 Å². The molecule has 2 heteroatoms. The van der Waals surface area contributed by atoms with E-state index in [4.69, 9.17) is 6.42 Å². The zero-order chi connectivity index (χ0) is 15.0. The molecule has 0 aliphatic carbocycles. The quantitative estimate of drug-likeness (QED) is 0.379. The Morgan fingerprint density at radius 1 is 1.45 bits per heavy atom. The highest BCUT2D eigenvalue weighted by Gasteiger charge is 2.07. The Bertz CT molecular complexity index is 512. The second kappa shape index (κ2) is 8.43. The van der Waals surface area contributed by atoms with Crippen molar-refractivity contribution in [2.45, 2.75) is 52.4 Å². The van der Waals surface area contributed by atoms with Gasteiger partial charge in [0.2, 0.25) is 0 Å². The molecule has 108 valence electrons. The third-order valence-electron chi connectivity index (χ3n) is 3.52. The monoisotopic (exact) mass is 270 g/mol. The minimum atomic E-state index is 0.853. The average Bonchev–Trinajstić information content (AvgIpc) is 2.82. The molecule has 20 heavy (non-hydrogen) atoms. The molecule has 0 radical (unpaired) electrons. The first-order chi connectivity index (χ1) is 9.60. The molecule has 0 unspecified atom stereocenters. The van der Waals surface area contributed by atoms with Gasteiger partial charge in [0.05, 0.1) is 12.0 Å². The van der Waals surface area contributed by atoms with Crippen LogP contribution in [0.3, 0.4) is 0 Å². The number of imidazole rings is 1. The summed E-state index contributed by atoms with van der Waals surface area (Å²) in [4.78, 5) is 4.38. The molecule has 0 aromatic carbocycles. The highest BCUT2D eigenvalue weighted by atomic mass is 15.0. The second-order valence-electron chi connectivity index (χ2n) is 5.33. The Morgan fingerprint density at radius 2 is 2.15 bits per heavy atom. The topological polar surface area (TPSA) is 17.8 Å². The number of rotatable bonds is 8. The van der Waals surface area contributed by atoms with Gasteiger partial charge in [-0.2, -0.15) is 0 Å². The smallest absolute Gasteiger partial charge is 0.119 e. The van der Waals surface area contributed by atoms with Gasteiger partial charge in [-0.15, -0.1) is 6.42 Å². The highest BCUT2D eigenvalue weighted by molar-refractivity contribution is 5.65. The number of hydrogen-bond acceptors (Lipinski definition) is 1. The SMILES string of the molecule is C#Cc1c(/C(C)=C\CCCC(=C)CCCC)ncn1C. The van der Waals surface area contributed by atoms with E-state index in [1.165, 1.54) is 24.8 Å². The van der Waals surface area contributed by atoms with Gasteiger partial charge >= 0.3 is 0 Å². The van der Waals surface area contributed by atoms with Crippen molar-refractivity contribution in [2.75, 3.05) is 0 Å². The average molecular weight is 270 g/mol. The van der Waals surface area contributed by atoms with E-state index >= 15 is 0 Å². The van der Waals surface area contributed by atoms with Crippen LogP contribution in [0, 0.1) is 12.3 Å². The van der Waals surface area contributed by atoms with Crippen LogP contribution in [0.1, 0.15) is 63.8 Å². The van der Waals surface area contributed by atoms with Crippen LogP contribution >= 0.6 is 0 Å². The third kappa shape index (κ3) is 4.74. The molecule has 0 fully saturated rings. The van der Waals surface area contributed by atoms with Crippen LogP contribution in [-0.4, -0.2) is 9.55 Å². The van der Waals surface area contributed by atoms with Gasteiger partial charge in [-0.25, -0.2) is 4.98 Å². The van der Waals surface area contributed by atoms with E-state index in [2.05, 4.69) is 37.4 Å². The lowest BCUT2D eigenvalue weighted by Gasteiger charge is -2.04. The van der Waals surface area contributed by atoms with Crippen molar-refractivity contribution in [1.82, 2.24) is 9.55 Å². The summed E-state index contributed by atoms with van der Waals surface area (Å²) < 4.78 is 1.89. The molecular formula is C18H26N2. The van der Waals surface area contributed by atoms with E-state index in [1.54, 1.807) is 6.33 Å². The molecule has 0 N–H and O–H groups in total. The first-order valence-corrected chi connectivity index (χ1v) is 7.41. The van der Waals surface area contributed by atoms with Gasteiger partial charge in [0, 0.05) is 7.05 Å². The van der Waals surface area contributed by atoms with Crippen LogP contribution in [0.4, 0.5) is 0 Å². The lowest BCUT2D eigenvalue weighted by molar-refractivity contribution is 0.730. The van der Waals surface area contributed by atoms with Crippen LogP contribution in [0.15, 0.2) is 24.6 Å². The van der Waals surface area contributed by atoms with Crippen molar-refractivity contribution < 1.29 is 0 Å². The zero-order valence-electron chi connectivity index (χ0n) is 13.1. The summed E-state index contributed by atoms with van der Waals surface area (Å²) in [7, 11) is 1.93. The van der Waals surface area contributed by atoms with Crippen molar-refractivity contribution >= 4 is 5.57 Å².